The van der Waals surface area contributed by atoms with Crippen molar-refractivity contribution in [1.29, 1.82) is 0 Å². The summed E-state index contributed by atoms with van der Waals surface area (Å²) >= 11 is 5.96. The second kappa shape index (κ2) is 7.44. The van der Waals surface area contributed by atoms with E-state index in [-0.39, 0.29) is 17.8 Å². The molecule has 0 aliphatic rings. The maximum absolute atomic E-state index is 13.2. The van der Waals surface area contributed by atoms with Gasteiger partial charge in [-0.15, -0.1) is 0 Å². The number of nitrogens with zero attached hydrogens (tertiary/aromatic N) is 3. The first kappa shape index (κ1) is 18.2. The average Bonchev–Trinajstić information content (AvgIpc) is 2.71. The van der Waals surface area contributed by atoms with Crippen molar-refractivity contribution in [2.24, 2.45) is 0 Å². The Hall–Kier alpha value is -3.18. The highest BCUT2D eigenvalue weighted by atomic mass is 35.5. The fourth-order valence-corrected chi connectivity index (χ4v) is 3.30. The molecule has 2 heterocycles. The molecule has 0 atom stereocenters. The van der Waals surface area contributed by atoms with E-state index in [0.29, 0.717) is 22.6 Å². The number of rotatable bonds is 4. The maximum Gasteiger partial charge on any atom is 0.333 e. The lowest BCUT2D eigenvalue weighted by atomic mass is 10.1. The summed E-state index contributed by atoms with van der Waals surface area (Å²) in [5.74, 6) is 0. The monoisotopic (exact) mass is 391 g/mol. The highest BCUT2D eigenvalue weighted by Gasteiger charge is 2.14. The minimum atomic E-state index is -0.383. The average molecular weight is 392 g/mol. The molecule has 2 aromatic carbocycles. The second-order valence-electron chi connectivity index (χ2n) is 6.75. The van der Waals surface area contributed by atoms with Crippen LogP contribution in [0.3, 0.4) is 0 Å². The molecular weight excluding hydrogens is 374 g/mol. The number of pyridine rings is 1. The quantitative estimate of drug-likeness (QED) is 0.534. The summed E-state index contributed by atoms with van der Waals surface area (Å²) in [6.07, 6.45) is 1.59. The molecule has 0 spiro atoms. The lowest BCUT2D eigenvalue weighted by Gasteiger charge is -2.14. The molecule has 28 heavy (non-hydrogen) atoms. The first-order chi connectivity index (χ1) is 13.5. The van der Waals surface area contributed by atoms with Crippen LogP contribution in [0.4, 0.5) is 0 Å². The predicted octanol–water partition coefficient (Wildman–Crippen LogP) is 3.62. The van der Waals surface area contributed by atoms with Crippen LogP contribution in [0, 0.1) is 6.92 Å². The molecule has 5 nitrogen and oxygen atoms in total. The number of hydrogen-bond donors (Lipinski definition) is 0. The third-order valence-corrected chi connectivity index (χ3v) is 4.95. The number of fused-ring (bicyclic) bond motifs is 1. The summed E-state index contributed by atoms with van der Waals surface area (Å²) < 4.78 is 2.80. The summed E-state index contributed by atoms with van der Waals surface area (Å²) in [6.45, 7) is 2.51. The molecule has 0 saturated carbocycles. The number of hydrogen-bond acceptors (Lipinski definition) is 3. The highest BCUT2D eigenvalue weighted by Crippen LogP contribution is 2.12. The van der Waals surface area contributed by atoms with E-state index < -0.39 is 0 Å². The Kier molecular flexibility index (Phi) is 4.84. The third-order valence-electron chi connectivity index (χ3n) is 4.69. The van der Waals surface area contributed by atoms with Gasteiger partial charge in [-0.2, -0.15) is 0 Å². The van der Waals surface area contributed by atoms with Crippen molar-refractivity contribution >= 4 is 22.6 Å². The van der Waals surface area contributed by atoms with Gasteiger partial charge in [0.25, 0.3) is 5.56 Å². The number of benzene rings is 2. The third kappa shape index (κ3) is 3.49. The normalized spacial score (nSPS) is 11.1. The predicted molar refractivity (Wildman–Crippen MR) is 111 cm³/mol. The van der Waals surface area contributed by atoms with Crippen LogP contribution in [0.15, 0.2) is 76.4 Å². The van der Waals surface area contributed by atoms with Crippen molar-refractivity contribution < 1.29 is 0 Å². The molecule has 0 unspecified atom stereocenters. The molecule has 4 rings (SSSR count). The van der Waals surface area contributed by atoms with Gasteiger partial charge in [0.15, 0.2) is 0 Å². The molecule has 0 aliphatic carbocycles. The molecule has 0 saturated heterocycles. The van der Waals surface area contributed by atoms with E-state index >= 15 is 0 Å². The molecular formula is C22H18ClN3O2. The first-order valence-electron chi connectivity index (χ1n) is 8.91. The van der Waals surface area contributed by atoms with Crippen LogP contribution >= 0.6 is 11.6 Å². The number of aromatic nitrogens is 3. The molecule has 4 aromatic rings. The van der Waals surface area contributed by atoms with Gasteiger partial charge in [-0.1, -0.05) is 53.6 Å². The fourth-order valence-electron chi connectivity index (χ4n) is 3.18. The van der Waals surface area contributed by atoms with Crippen LogP contribution in [0.2, 0.25) is 5.02 Å². The second-order valence-corrected chi connectivity index (χ2v) is 7.18. The van der Waals surface area contributed by atoms with Gasteiger partial charge in [0.05, 0.1) is 18.5 Å². The van der Waals surface area contributed by atoms with Gasteiger partial charge >= 0.3 is 5.69 Å². The minimum absolute atomic E-state index is 0.212. The summed E-state index contributed by atoms with van der Waals surface area (Å²) in [4.78, 5) is 30.5. The lowest BCUT2D eigenvalue weighted by Crippen LogP contribution is -2.40. The van der Waals surface area contributed by atoms with Crippen molar-refractivity contribution in [2.45, 2.75) is 20.0 Å². The van der Waals surface area contributed by atoms with Crippen LogP contribution < -0.4 is 11.2 Å². The van der Waals surface area contributed by atoms with Crippen molar-refractivity contribution in [3.05, 3.63) is 109 Å². The molecule has 2 aromatic heterocycles. The molecule has 0 amide bonds. The Morgan fingerprint density at radius 2 is 1.46 bits per heavy atom. The maximum atomic E-state index is 13.2. The fraction of sp³-hybridized carbons (Fsp3) is 0.136. The molecule has 0 radical (unpaired) electrons. The summed E-state index contributed by atoms with van der Waals surface area (Å²) in [7, 11) is 0. The summed E-state index contributed by atoms with van der Waals surface area (Å²) in [5, 5.41) is 1.05. The number of halogens is 1. The van der Waals surface area contributed by atoms with E-state index in [1.807, 2.05) is 43.3 Å². The summed E-state index contributed by atoms with van der Waals surface area (Å²) in [5.41, 5.74) is 2.59. The van der Waals surface area contributed by atoms with Crippen molar-refractivity contribution in [2.75, 3.05) is 0 Å². The molecule has 6 heteroatoms. The molecule has 0 fully saturated rings. The van der Waals surface area contributed by atoms with Gasteiger partial charge < -0.3 is 0 Å². The largest absolute Gasteiger partial charge is 0.333 e. The topological polar surface area (TPSA) is 56.9 Å². The van der Waals surface area contributed by atoms with Gasteiger partial charge in [-0.05, 0) is 42.3 Å². The highest BCUT2D eigenvalue weighted by molar-refractivity contribution is 6.30. The Labute approximate surface area is 166 Å². The molecule has 0 aliphatic heterocycles. The van der Waals surface area contributed by atoms with Gasteiger partial charge in [0, 0.05) is 11.2 Å². The van der Waals surface area contributed by atoms with E-state index in [0.717, 1.165) is 16.7 Å². The molecule has 140 valence electrons. The molecule has 0 bridgehead atoms. The smallest absolute Gasteiger partial charge is 0.273 e. The van der Waals surface area contributed by atoms with Gasteiger partial charge in [0.2, 0.25) is 0 Å². The zero-order valence-electron chi connectivity index (χ0n) is 15.3. The van der Waals surface area contributed by atoms with Crippen molar-refractivity contribution in [3.63, 3.8) is 0 Å². The van der Waals surface area contributed by atoms with E-state index in [4.69, 9.17) is 11.6 Å². The number of aryl methyl sites for hydroxylation is 1. The minimum Gasteiger partial charge on any atom is -0.273 e. The van der Waals surface area contributed by atoms with E-state index in [1.54, 1.807) is 30.5 Å². The van der Waals surface area contributed by atoms with Gasteiger partial charge in [-0.25, -0.2) is 9.78 Å². The van der Waals surface area contributed by atoms with E-state index in [9.17, 15) is 9.59 Å². The van der Waals surface area contributed by atoms with Crippen LogP contribution in [0.25, 0.3) is 11.0 Å². The van der Waals surface area contributed by atoms with Crippen molar-refractivity contribution in [1.82, 2.24) is 14.1 Å². The lowest BCUT2D eigenvalue weighted by molar-refractivity contribution is 0.630. The Bertz CT molecular complexity index is 1260. The van der Waals surface area contributed by atoms with Crippen LogP contribution in [0.1, 0.15) is 16.7 Å². The summed E-state index contributed by atoms with van der Waals surface area (Å²) in [6, 6.07) is 18.5. The zero-order chi connectivity index (χ0) is 19.7. The Balaban J connectivity index is 1.88. The Morgan fingerprint density at radius 3 is 2.14 bits per heavy atom. The SMILES string of the molecule is Cc1ccc(Cn2c(=O)c3cccnc3n(Cc3ccc(Cl)cc3)c2=O)cc1. The van der Waals surface area contributed by atoms with Crippen LogP contribution in [0.5, 0.6) is 0 Å². The standard InChI is InChI=1S/C22H18ClN3O2/c1-15-4-6-16(7-5-15)14-26-21(27)19-3-2-12-24-20(19)25(22(26)28)13-17-8-10-18(23)11-9-17/h2-12H,13-14H2,1H3. The van der Waals surface area contributed by atoms with Crippen molar-refractivity contribution in [3.8, 4) is 0 Å². The molecule has 0 N–H and O–H groups in total. The van der Waals surface area contributed by atoms with Gasteiger partial charge in [-0.3, -0.25) is 13.9 Å². The van der Waals surface area contributed by atoms with E-state index in [1.165, 1.54) is 9.13 Å². The van der Waals surface area contributed by atoms with Gasteiger partial charge in [0.1, 0.15) is 5.65 Å². The van der Waals surface area contributed by atoms with E-state index in [2.05, 4.69) is 4.98 Å². The first-order valence-corrected chi connectivity index (χ1v) is 9.29. The zero-order valence-corrected chi connectivity index (χ0v) is 16.1. The van der Waals surface area contributed by atoms with Crippen LogP contribution in [-0.2, 0) is 13.1 Å². The Morgan fingerprint density at radius 1 is 0.857 bits per heavy atom. The van der Waals surface area contributed by atoms with Crippen LogP contribution in [-0.4, -0.2) is 14.1 Å².